The molecule has 106 valence electrons. The van der Waals surface area contributed by atoms with Gasteiger partial charge in [-0.15, -0.1) is 11.3 Å². The molecule has 4 nitrogen and oxygen atoms in total. The highest BCUT2D eigenvalue weighted by atomic mass is 32.1. The molecule has 0 unspecified atom stereocenters. The van der Waals surface area contributed by atoms with Gasteiger partial charge >= 0.3 is 0 Å². The van der Waals surface area contributed by atoms with Crippen LogP contribution in [0.1, 0.15) is 10.6 Å². The molecule has 0 bridgehead atoms. The molecule has 21 heavy (non-hydrogen) atoms. The SMILES string of the molecule is Cc1cc(-c2ccc(NC(=O)Cc3cccs3)cc2)n[nH]1. The fourth-order valence-corrected chi connectivity index (χ4v) is 2.77. The zero-order valence-corrected chi connectivity index (χ0v) is 12.4. The second kappa shape index (κ2) is 5.93. The van der Waals surface area contributed by atoms with Crippen LogP contribution in [-0.2, 0) is 11.2 Å². The first kappa shape index (κ1) is 13.6. The average molecular weight is 297 g/mol. The molecule has 0 aliphatic rings. The highest BCUT2D eigenvalue weighted by Gasteiger charge is 2.06. The maximum absolute atomic E-state index is 11.9. The van der Waals surface area contributed by atoms with E-state index in [1.54, 1.807) is 11.3 Å². The first-order valence-corrected chi connectivity index (χ1v) is 7.53. The average Bonchev–Trinajstić information content (AvgIpc) is 3.11. The zero-order valence-electron chi connectivity index (χ0n) is 11.6. The Morgan fingerprint density at radius 2 is 2.10 bits per heavy atom. The van der Waals surface area contributed by atoms with Crippen LogP contribution in [-0.4, -0.2) is 16.1 Å². The van der Waals surface area contributed by atoms with Crippen molar-refractivity contribution in [3.05, 3.63) is 58.4 Å². The smallest absolute Gasteiger partial charge is 0.229 e. The molecular weight excluding hydrogens is 282 g/mol. The van der Waals surface area contributed by atoms with Gasteiger partial charge in [-0.2, -0.15) is 5.10 Å². The molecule has 0 spiro atoms. The first-order valence-electron chi connectivity index (χ1n) is 6.65. The number of H-pyrrole nitrogens is 1. The maximum Gasteiger partial charge on any atom is 0.229 e. The summed E-state index contributed by atoms with van der Waals surface area (Å²) in [6.07, 6.45) is 0.415. The van der Waals surface area contributed by atoms with Crippen LogP contribution in [0.15, 0.2) is 47.8 Å². The fraction of sp³-hybridized carbons (Fsp3) is 0.125. The summed E-state index contributed by atoms with van der Waals surface area (Å²) < 4.78 is 0. The van der Waals surface area contributed by atoms with E-state index in [1.807, 2.05) is 54.8 Å². The van der Waals surface area contributed by atoms with Gasteiger partial charge in [0.1, 0.15) is 0 Å². The third kappa shape index (κ3) is 3.38. The molecule has 5 heteroatoms. The van der Waals surface area contributed by atoms with E-state index in [4.69, 9.17) is 0 Å². The summed E-state index contributed by atoms with van der Waals surface area (Å²) >= 11 is 1.59. The molecule has 0 saturated heterocycles. The van der Waals surface area contributed by atoms with Gasteiger partial charge in [0.05, 0.1) is 12.1 Å². The molecule has 0 saturated carbocycles. The molecule has 0 radical (unpaired) electrons. The summed E-state index contributed by atoms with van der Waals surface area (Å²) in [5.74, 6) is 0.000754. The van der Waals surface area contributed by atoms with Crippen LogP contribution in [0.3, 0.4) is 0 Å². The number of rotatable bonds is 4. The van der Waals surface area contributed by atoms with Crippen molar-refractivity contribution in [3.63, 3.8) is 0 Å². The van der Waals surface area contributed by atoms with Gasteiger partial charge in [-0.1, -0.05) is 18.2 Å². The monoisotopic (exact) mass is 297 g/mol. The number of hydrogen-bond acceptors (Lipinski definition) is 3. The van der Waals surface area contributed by atoms with Crippen LogP contribution in [0.4, 0.5) is 5.69 Å². The van der Waals surface area contributed by atoms with E-state index in [9.17, 15) is 4.79 Å². The number of aryl methyl sites for hydroxylation is 1. The van der Waals surface area contributed by atoms with Gasteiger partial charge in [-0.3, -0.25) is 9.89 Å². The Balaban J connectivity index is 1.65. The fourth-order valence-electron chi connectivity index (χ4n) is 2.07. The summed E-state index contributed by atoms with van der Waals surface area (Å²) in [5, 5.41) is 12.0. The van der Waals surface area contributed by atoms with Crippen molar-refractivity contribution in [1.82, 2.24) is 10.2 Å². The highest BCUT2D eigenvalue weighted by Crippen LogP contribution is 2.20. The number of thiophene rings is 1. The molecule has 2 N–H and O–H groups in total. The Labute approximate surface area is 126 Å². The molecule has 0 aliphatic carbocycles. The Hall–Kier alpha value is -2.40. The van der Waals surface area contributed by atoms with Gasteiger partial charge < -0.3 is 5.32 Å². The molecular formula is C16H15N3OS. The van der Waals surface area contributed by atoms with Gasteiger partial charge in [-0.25, -0.2) is 0 Å². The number of aromatic nitrogens is 2. The summed E-state index contributed by atoms with van der Waals surface area (Å²) in [5.41, 5.74) is 3.76. The molecule has 2 heterocycles. The van der Waals surface area contributed by atoms with Crippen molar-refractivity contribution in [3.8, 4) is 11.3 Å². The molecule has 1 amide bonds. The predicted octanol–water partition coefficient (Wildman–Crippen LogP) is 3.63. The molecule has 3 aromatic rings. The second-order valence-electron chi connectivity index (χ2n) is 4.82. The minimum absolute atomic E-state index is 0.000754. The van der Waals surface area contributed by atoms with E-state index < -0.39 is 0 Å². The third-order valence-corrected chi connectivity index (χ3v) is 3.96. The number of aromatic amines is 1. The van der Waals surface area contributed by atoms with Crippen LogP contribution in [0.25, 0.3) is 11.3 Å². The van der Waals surface area contributed by atoms with Crippen LogP contribution < -0.4 is 5.32 Å². The van der Waals surface area contributed by atoms with E-state index in [0.717, 1.165) is 27.5 Å². The third-order valence-electron chi connectivity index (χ3n) is 3.09. The van der Waals surface area contributed by atoms with Gasteiger partial charge in [0.15, 0.2) is 0 Å². The van der Waals surface area contributed by atoms with Gasteiger partial charge in [0, 0.05) is 21.8 Å². The van der Waals surface area contributed by atoms with Gasteiger partial charge in [0.2, 0.25) is 5.91 Å². The summed E-state index contributed by atoms with van der Waals surface area (Å²) in [7, 11) is 0. The lowest BCUT2D eigenvalue weighted by molar-refractivity contribution is -0.115. The van der Waals surface area contributed by atoms with Crippen LogP contribution >= 0.6 is 11.3 Å². The minimum Gasteiger partial charge on any atom is -0.326 e. The Bertz CT molecular complexity index is 729. The molecule has 2 aromatic heterocycles. The lowest BCUT2D eigenvalue weighted by Crippen LogP contribution is -2.13. The first-order chi connectivity index (χ1) is 10.2. The van der Waals surface area contributed by atoms with Gasteiger partial charge in [0.25, 0.3) is 0 Å². The van der Waals surface area contributed by atoms with E-state index in [0.29, 0.717) is 6.42 Å². The van der Waals surface area contributed by atoms with Crippen LogP contribution in [0, 0.1) is 6.92 Å². The number of amides is 1. The number of nitrogens with zero attached hydrogens (tertiary/aromatic N) is 1. The Kier molecular flexibility index (Phi) is 3.83. The second-order valence-corrected chi connectivity index (χ2v) is 5.85. The van der Waals surface area contributed by atoms with Crippen molar-refractivity contribution in [2.75, 3.05) is 5.32 Å². The molecule has 0 atom stereocenters. The molecule has 0 aliphatic heterocycles. The van der Waals surface area contributed by atoms with Crippen molar-refractivity contribution in [1.29, 1.82) is 0 Å². The lowest BCUT2D eigenvalue weighted by atomic mass is 10.1. The zero-order chi connectivity index (χ0) is 14.7. The topological polar surface area (TPSA) is 57.8 Å². The summed E-state index contributed by atoms with van der Waals surface area (Å²) in [6, 6.07) is 13.6. The summed E-state index contributed by atoms with van der Waals surface area (Å²) in [6.45, 7) is 1.97. The van der Waals surface area contributed by atoms with Crippen molar-refractivity contribution >= 4 is 22.9 Å². The number of hydrogen-bond donors (Lipinski definition) is 2. The summed E-state index contributed by atoms with van der Waals surface area (Å²) in [4.78, 5) is 13.0. The van der Waals surface area contributed by atoms with Crippen LogP contribution in [0.2, 0.25) is 0 Å². The standard InChI is InChI=1S/C16H15N3OS/c1-11-9-15(19-18-11)12-4-6-13(7-5-12)17-16(20)10-14-3-2-8-21-14/h2-9H,10H2,1H3,(H,17,20)(H,18,19). The number of nitrogens with one attached hydrogen (secondary N) is 2. The van der Waals surface area contributed by atoms with Crippen LogP contribution in [0.5, 0.6) is 0 Å². The van der Waals surface area contributed by atoms with Crippen molar-refractivity contribution in [2.24, 2.45) is 0 Å². The maximum atomic E-state index is 11.9. The lowest BCUT2D eigenvalue weighted by Gasteiger charge is -2.05. The molecule has 0 fully saturated rings. The minimum atomic E-state index is 0.000754. The molecule has 1 aromatic carbocycles. The van der Waals surface area contributed by atoms with Gasteiger partial charge in [-0.05, 0) is 36.6 Å². The van der Waals surface area contributed by atoms with E-state index in [1.165, 1.54) is 0 Å². The van der Waals surface area contributed by atoms with E-state index in [2.05, 4.69) is 15.5 Å². The number of anilines is 1. The van der Waals surface area contributed by atoms with Crippen molar-refractivity contribution in [2.45, 2.75) is 13.3 Å². The Morgan fingerprint density at radius 3 is 2.71 bits per heavy atom. The van der Waals surface area contributed by atoms with Crippen molar-refractivity contribution < 1.29 is 4.79 Å². The Morgan fingerprint density at radius 1 is 1.29 bits per heavy atom. The van der Waals surface area contributed by atoms with E-state index >= 15 is 0 Å². The number of carbonyl (C=O) groups is 1. The number of benzene rings is 1. The highest BCUT2D eigenvalue weighted by molar-refractivity contribution is 7.10. The van der Waals surface area contributed by atoms with E-state index in [-0.39, 0.29) is 5.91 Å². The largest absolute Gasteiger partial charge is 0.326 e. The number of carbonyl (C=O) groups excluding carboxylic acids is 1. The quantitative estimate of drug-likeness (QED) is 0.772. The predicted molar refractivity (Wildman–Crippen MR) is 85.4 cm³/mol. The molecule has 3 rings (SSSR count). The normalized spacial score (nSPS) is 10.5.